The number of hydrogen-bond donors (Lipinski definition) is 2. The van der Waals surface area contributed by atoms with Crippen LogP contribution in [0.1, 0.15) is 23.2 Å². The molecule has 1 aliphatic heterocycles. The number of nitrogens with one attached hydrogen (secondary N) is 1. The summed E-state index contributed by atoms with van der Waals surface area (Å²) in [7, 11) is -1.63. The SMILES string of the molecule is COc1c(N)cccc1C(=O)NCC1CCCS1(=O)=O. The molecule has 2 rings (SSSR count). The summed E-state index contributed by atoms with van der Waals surface area (Å²) in [5.74, 6) is 0.130. The summed E-state index contributed by atoms with van der Waals surface area (Å²) < 4.78 is 28.5. The minimum atomic E-state index is -3.06. The van der Waals surface area contributed by atoms with Crippen LogP contribution in [0, 0.1) is 0 Å². The van der Waals surface area contributed by atoms with Gasteiger partial charge in [-0.25, -0.2) is 8.42 Å². The molecule has 1 aliphatic rings. The lowest BCUT2D eigenvalue weighted by Crippen LogP contribution is -2.34. The first-order valence-electron chi connectivity index (χ1n) is 6.38. The summed E-state index contributed by atoms with van der Waals surface area (Å²) in [6.45, 7) is 0.124. The molecular formula is C13H18N2O4S. The van der Waals surface area contributed by atoms with Gasteiger partial charge < -0.3 is 15.8 Å². The third-order valence-corrected chi connectivity index (χ3v) is 5.72. The van der Waals surface area contributed by atoms with Crippen molar-refractivity contribution in [3.63, 3.8) is 0 Å². The fourth-order valence-electron chi connectivity index (χ4n) is 2.35. The third kappa shape index (κ3) is 2.87. The molecule has 0 radical (unpaired) electrons. The van der Waals surface area contributed by atoms with Crippen molar-refractivity contribution in [2.45, 2.75) is 18.1 Å². The normalized spacial score (nSPS) is 20.6. The first kappa shape index (κ1) is 14.6. The first-order valence-corrected chi connectivity index (χ1v) is 8.09. The van der Waals surface area contributed by atoms with Gasteiger partial charge in [0.15, 0.2) is 15.6 Å². The van der Waals surface area contributed by atoms with Crippen molar-refractivity contribution in [2.24, 2.45) is 0 Å². The van der Waals surface area contributed by atoms with E-state index in [0.29, 0.717) is 29.8 Å². The fourth-order valence-corrected chi connectivity index (χ4v) is 4.12. The second kappa shape index (κ2) is 5.70. The van der Waals surface area contributed by atoms with Gasteiger partial charge in [0.25, 0.3) is 5.91 Å². The summed E-state index contributed by atoms with van der Waals surface area (Å²) in [6, 6.07) is 4.88. The van der Waals surface area contributed by atoms with Gasteiger partial charge in [0, 0.05) is 6.54 Å². The average Bonchev–Trinajstić information content (AvgIpc) is 2.74. The highest BCUT2D eigenvalue weighted by atomic mass is 32.2. The Labute approximate surface area is 118 Å². The minimum absolute atomic E-state index is 0.124. The maximum absolute atomic E-state index is 12.1. The Kier molecular flexibility index (Phi) is 4.17. The maximum Gasteiger partial charge on any atom is 0.255 e. The fraction of sp³-hybridized carbons (Fsp3) is 0.462. The lowest BCUT2D eigenvalue weighted by molar-refractivity contribution is 0.0950. The zero-order valence-corrected chi connectivity index (χ0v) is 12.1. The number of nitrogen functional groups attached to an aromatic ring is 1. The number of methoxy groups -OCH3 is 1. The highest BCUT2D eigenvalue weighted by molar-refractivity contribution is 7.92. The van der Waals surface area contributed by atoms with Crippen molar-refractivity contribution >= 4 is 21.4 Å². The number of rotatable bonds is 4. The summed E-state index contributed by atoms with van der Waals surface area (Å²) >= 11 is 0. The van der Waals surface area contributed by atoms with Crippen molar-refractivity contribution < 1.29 is 17.9 Å². The zero-order chi connectivity index (χ0) is 14.8. The molecule has 0 aliphatic carbocycles. The van der Waals surface area contributed by atoms with Crippen LogP contribution in [0.15, 0.2) is 18.2 Å². The van der Waals surface area contributed by atoms with E-state index in [1.807, 2.05) is 0 Å². The number of hydrogen-bond acceptors (Lipinski definition) is 5. The molecule has 0 spiro atoms. The van der Waals surface area contributed by atoms with E-state index in [4.69, 9.17) is 10.5 Å². The molecule has 1 heterocycles. The molecular weight excluding hydrogens is 280 g/mol. The monoisotopic (exact) mass is 298 g/mol. The molecule has 1 atom stereocenters. The van der Waals surface area contributed by atoms with Gasteiger partial charge in [0.05, 0.1) is 29.4 Å². The summed E-state index contributed by atoms with van der Waals surface area (Å²) in [5.41, 5.74) is 6.41. The van der Waals surface area contributed by atoms with Crippen LogP contribution in [-0.4, -0.2) is 39.0 Å². The van der Waals surface area contributed by atoms with Crippen molar-refractivity contribution in [1.29, 1.82) is 0 Å². The molecule has 1 aromatic carbocycles. The molecule has 6 nitrogen and oxygen atoms in total. The van der Waals surface area contributed by atoms with Gasteiger partial charge in [0.1, 0.15) is 0 Å². The Hall–Kier alpha value is -1.76. The molecule has 1 amide bonds. The third-order valence-electron chi connectivity index (χ3n) is 3.45. The van der Waals surface area contributed by atoms with Crippen molar-refractivity contribution in [3.05, 3.63) is 23.8 Å². The van der Waals surface area contributed by atoms with Crippen molar-refractivity contribution in [3.8, 4) is 5.75 Å². The van der Waals surface area contributed by atoms with Gasteiger partial charge >= 0.3 is 0 Å². The summed E-state index contributed by atoms with van der Waals surface area (Å²) in [4.78, 5) is 12.1. The summed E-state index contributed by atoms with van der Waals surface area (Å²) in [5, 5.41) is 2.16. The second-order valence-corrected chi connectivity index (χ2v) is 7.17. The molecule has 1 saturated heterocycles. The Balaban J connectivity index is 2.08. The molecule has 0 saturated carbocycles. The van der Waals surface area contributed by atoms with Crippen LogP contribution in [0.2, 0.25) is 0 Å². The minimum Gasteiger partial charge on any atom is -0.494 e. The molecule has 20 heavy (non-hydrogen) atoms. The molecule has 1 aromatic rings. The van der Waals surface area contributed by atoms with E-state index < -0.39 is 15.1 Å². The lowest BCUT2D eigenvalue weighted by atomic mass is 10.1. The van der Waals surface area contributed by atoms with Crippen LogP contribution in [0.5, 0.6) is 5.75 Å². The number of sulfone groups is 1. The van der Waals surface area contributed by atoms with E-state index in [0.717, 1.165) is 0 Å². The number of amides is 1. The average molecular weight is 298 g/mol. The van der Waals surface area contributed by atoms with Gasteiger partial charge in [-0.15, -0.1) is 0 Å². The quantitative estimate of drug-likeness (QED) is 0.792. The first-order chi connectivity index (χ1) is 9.45. The second-order valence-electron chi connectivity index (χ2n) is 4.77. The molecule has 0 aromatic heterocycles. The van der Waals surface area contributed by atoms with E-state index in [-0.39, 0.29) is 18.2 Å². The highest BCUT2D eigenvalue weighted by Gasteiger charge is 2.31. The topological polar surface area (TPSA) is 98.5 Å². The van der Waals surface area contributed by atoms with Gasteiger partial charge in [-0.1, -0.05) is 6.07 Å². The van der Waals surface area contributed by atoms with Crippen LogP contribution in [0.3, 0.4) is 0 Å². The van der Waals surface area contributed by atoms with Gasteiger partial charge in [-0.3, -0.25) is 4.79 Å². The molecule has 1 unspecified atom stereocenters. The number of carbonyl (C=O) groups is 1. The van der Waals surface area contributed by atoms with Crippen molar-refractivity contribution in [2.75, 3.05) is 25.1 Å². The number of benzene rings is 1. The highest BCUT2D eigenvalue weighted by Crippen LogP contribution is 2.26. The summed E-state index contributed by atoms with van der Waals surface area (Å²) in [6.07, 6.45) is 1.25. The number of anilines is 1. The zero-order valence-electron chi connectivity index (χ0n) is 11.3. The van der Waals surface area contributed by atoms with Gasteiger partial charge in [-0.05, 0) is 25.0 Å². The lowest BCUT2D eigenvalue weighted by Gasteiger charge is -2.13. The molecule has 110 valence electrons. The number of carbonyl (C=O) groups excluding carboxylic acids is 1. The number of para-hydroxylation sites is 1. The van der Waals surface area contributed by atoms with Crippen LogP contribution >= 0.6 is 0 Å². The number of ether oxygens (including phenoxy) is 1. The van der Waals surface area contributed by atoms with Crippen LogP contribution in [0.4, 0.5) is 5.69 Å². The molecule has 3 N–H and O–H groups in total. The van der Waals surface area contributed by atoms with Crippen LogP contribution < -0.4 is 15.8 Å². The van der Waals surface area contributed by atoms with E-state index >= 15 is 0 Å². The predicted octanol–water partition coefficient (Wildman–Crippen LogP) is 0.584. The van der Waals surface area contributed by atoms with Crippen LogP contribution in [0.25, 0.3) is 0 Å². The predicted molar refractivity (Wildman–Crippen MR) is 76.5 cm³/mol. The molecule has 7 heteroatoms. The molecule has 1 fully saturated rings. The van der Waals surface area contributed by atoms with Crippen molar-refractivity contribution in [1.82, 2.24) is 5.32 Å². The maximum atomic E-state index is 12.1. The molecule has 0 bridgehead atoms. The largest absolute Gasteiger partial charge is 0.494 e. The van der Waals surface area contributed by atoms with E-state index in [2.05, 4.69) is 5.32 Å². The Morgan fingerprint density at radius 1 is 1.50 bits per heavy atom. The standard InChI is InChI=1S/C13H18N2O4S/c1-19-12-10(5-2-6-11(12)14)13(16)15-8-9-4-3-7-20(9,17)18/h2,5-6,9H,3-4,7-8,14H2,1H3,(H,15,16). The Bertz CT molecular complexity index is 613. The van der Waals surface area contributed by atoms with E-state index in [1.165, 1.54) is 7.11 Å². The number of nitrogens with two attached hydrogens (primary N) is 1. The smallest absolute Gasteiger partial charge is 0.255 e. The van der Waals surface area contributed by atoms with Gasteiger partial charge in [-0.2, -0.15) is 0 Å². The van der Waals surface area contributed by atoms with E-state index in [1.54, 1.807) is 18.2 Å². The van der Waals surface area contributed by atoms with Gasteiger partial charge in [0.2, 0.25) is 0 Å². The van der Waals surface area contributed by atoms with Crippen LogP contribution in [-0.2, 0) is 9.84 Å². The van der Waals surface area contributed by atoms with E-state index in [9.17, 15) is 13.2 Å². The Morgan fingerprint density at radius 2 is 2.25 bits per heavy atom. The Morgan fingerprint density at radius 3 is 2.85 bits per heavy atom.